The number of aromatic amines is 1. The number of aromatic nitrogens is 2. The molecular weight excluding hydrogens is 506 g/mol. The molecule has 10 N–H and O–H groups in total. The number of aliphatic carboxylic acids is 1. The van der Waals surface area contributed by atoms with Crippen LogP contribution in [-0.4, -0.2) is 79.7 Å². The first-order chi connectivity index (χ1) is 17.5. The number of carboxylic acid groups (broad SMARTS) is 1. The van der Waals surface area contributed by atoms with Crippen LogP contribution in [0.4, 0.5) is 0 Å². The van der Waals surface area contributed by atoms with E-state index in [9.17, 15) is 34.2 Å². The zero-order valence-corrected chi connectivity index (χ0v) is 20.5. The van der Waals surface area contributed by atoms with Crippen molar-refractivity contribution in [3.8, 4) is 5.75 Å². The maximum Gasteiger partial charge on any atom is 0.326 e. The molecule has 14 nitrogen and oxygen atoms in total. The van der Waals surface area contributed by atoms with Crippen LogP contribution in [0.3, 0.4) is 0 Å². The Morgan fingerprint density at radius 3 is 2.08 bits per heavy atom. The minimum Gasteiger partial charge on any atom is -0.508 e. The predicted molar refractivity (Wildman–Crippen MR) is 133 cm³/mol. The van der Waals surface area contributed by atoms with Gasteiger partial charge in [0, 0.05) is 30.5 Å². The van der Waals surface area contributed by atoms with E-state index in [4.69, 9.17) is 11.5 Å². The van der Waals surface area contributed by atoms with Gasteiger partial charge in [0.1, 0.15) is 23.9 Å². The lowest BCUT2D eigenvalue weighted by Crippen LogP contribution is -2.58. The van der Waals surface area contributed by atoms with Gasteiger partial charge in [-0.05, 0) is 17.7 Å². The van der Waals surface area contributed by atoms with Crippen molar-refractivity contribution >= 4 is 42.2 Å². The highest BCUT2D eigenvalue weighted by Crippen LogP contribution is 2.12. The van der Waals surface area contributed by atoms with Gasteiger partial charge in [0.2, 0.25) is 23.6 Å². The molecule has 200 valence electrons. The smallest absolute Gasteiger partial charge is 0.326 e. The second-order valence-corrected chi connectivity index (χ2v) is 8.50. The molecule has 4 amide bonds. The number of primary amides is 1. The highest BCUT2D eigenvalue weighted by Gasteiger charge is 2.30. The highest BCUT2D eigenvalue weighted by molar-refractivity contribution is 7.80. The molecule has 0 fully saturated rings. The van der Waals surface area contributed by atoms with Gasteiger partial charge in [-0.15, -0.1) is 0 Å². The number of phenols is 1. The zero-order valence-electron chi connectivity index (χ0n) is 19.6. The number of H-pyrrole nitrogens is 1. The maximum absolute atomic E-state index is 13.1. The molecule has 2 aromatic rings. The molecule has 4 atom stereocenters. The van der Waals surface area contributed by atoms with Gasteiger partial charge in [0.25, 0.3) is 0 Å². The summed E-state index contributed by atoms with van der Waals surface area (Å²) in [6, 6.07) is 0.720. The fourth-order valence-electron chi connectivity index (χ4n) is 3.22. The van der Waals surface area contributed by atoms with Gasteiger partial charge in [-0.2, -0.15) is 12.6 Å². The number of hydrogen-bond acceptors (Lipinski definition) is 9. The monoisotopic (exact) mass is 535 g/mol. The summed E-state index contributed by atoms with van der Waals surface area (Å²) in [5.74, 6) is -4.71. The largest absolute Gasteiger partial charge is 0.508 e. The number of nitrogens with zero attached hydrogens (tertiary/aromatic N) is 1. The molecule has 2 rings (SSSR count). The number of hydrogen-bond donors (Lipinski definition) is 9. The third-order valence-electron chi connectivity index (χ3n) is 5.18. The minimum atomic E-state index is -1.33. The number of amides is 4. The van der Waals surface area contributed by atoms with Gasteiger partial charge in [0.05, 0.1) is 18.8 Å². The van der Waals surface area contributed by atoms with Gasteiger partial charge >= 0.3 is 5.97 Å². The quantitative estimate of drug-likeness (QED) is 0.117. The molecule has 1 aromatic heterocycles. The maximum atomic E-state index is 13.1. The van der Waals surface area contributed by atoms with E-state index >= 15 is 0 Å². The standard InChI is InChI=1S/C22H29N7O7S/c23-14(7-18(24)31)19(32)29-17(9-37)21(34)27-15(5-11-1-3-13(30)4-2-11)20(33)28-16(22(35)36)6-12-8-25-10-26-12/h1-4,8,10,14-17,30,37H,5-7,9,23H2,(H2,24,31)(H,25,26)(H,27,34)(H,28,33)(H,29,32)(H,35,36). The minimum absolute atomic E-state index is 0.00978. The Morgan fingerprint density at radius 2 is 1.54 bits per heavy atom. The third-order valence-corrected chi connectivity index (χ3v) is 5.54. The first-order valence-corrected chi connectivity index (χ1v) is 11.7. The lowest BCUT2D eigenvalue weighted by molar-refractivity contribution is -0.142. The number of imidazole rings is 1. The lowest BCUT2D eigenvalue weighted by Gasteiger charge is -2.24. The van der Waals surface area contributed by atoms with Crippen molar-refractivity contribution in [2.75, 3.05) is 5.75 Å². The Labute approximate surface area is 217 Å². The van der Waals surface area contributed by atoms with Crippen LogP contribution in [0.5, 0.6) is 5.75 Å². The number of nitrogens with two attached hydrogens (primary N) is 2. The lowest BCUT2D eigenvalue weighted by atomic mass is 10.0. The summed E-state index contributed by atoms with van der Waals surface area (Å²) in [4.78, 5) is 67.6. The zero-order chi connectivity index (χ0) is 27.5. The molecule has 0 bridgehead atoms. The van der Waals surface area contributed by atoms with E-state index in [1.165, 1.54) is 36.8 Å². The van der Waals surface area contributed by atoms with E-state index in [2.05, 4.69) is 38.5 Å². The van der Waals surface area contributed by atoms with Crippen molar-refractivity contribution < 1.29 is 34.2 Å². The number of nitrogens with one attached hydrogen (secondary N) is 4. The van der Waals surface area contributed by atoms with E-state index in [1.54, 1.807) is 0 Å². The van der Waals surface area contributed by atoms with Crippen molar-refractivity contribution in [1.29, 1.82) is 0 Å². The van der Waals surface area contributed by atoms with Crippen LogP contribution in [0.15, 0.2) is 36.8 Å². The van der Waals surface area contributed by atoms with E-state index < -0.39 is 60.2 Å². The van der Waals surface area contributed by atoms with Crippen LogP contribution in [0.25, 0.3) is 0 Å². The van der Waals surface area contributed by atoms with Gasteiger partial charge in [0.15, 0.2) is 0 Å². The summed E-state index contributed by atoms with van der Waals surface area (Å²) < 4.78 is 0. The van der Waals surface area contributed by atoms with Crippen LogP contribution in [0.1, 0.15) is 17.7 Å². The molecule has 0 saturated heterocycles. The van der Waals surface area contributed by atoms with Crippen LogP contribution < -0.4 is 27.4 Å². The molecule has 0 saturated carbocycles. The van der Waals surface area contributed by atoms with E-state index in [-0.39, 0.29) is 24.3 Å². The summed E-state index contributed by atoms with van der Waals surface area (Å²) in [6.07, 6.45) is 2.19. The van der Waals surface area contributed by atoms with Crippen molar-refractivity contribution in [2.45, 2.75) is 43.4 Å². The van der Waals surface area contributed by atoms with Gasteiger partial charge in [-0.1, -0.05) is 12.1 Å². The fourth-order valence-corrected chi connectivity index (χ4v) is 3.48. The van der Waals surface area contributed by atoms with E-state index in [0.717, 1.165) is 0 Å². The number of benzene rings is 1. The van der Waals surface area contributed by atoms with Gasteiger partial charge in [-0.3, -0.25) is 19.2 Å². The van der Waals surface area contributed by atoms with E-state index in [0.29, 0.717) is 11.3 Å². The molecule has 0 radical (unpaired) electrons. The summed E-state index contributed by atoms with van der Waals surface area (Å²) >= 11 is 4.06. The Balaban J connectivity index is 2.19. The second-order valence-electron chi connectivity index (χ2n) is 8.13. The SMILES string of the molecule is NC(=O)CC(N)C(=O)NC(CS)C(=O)NC(Cc1ccc(O)cc1)C(=O)NC(Cc1cnc[nH]1)C(=O)O. The van der Waals surface area contributed by atoms with Crippen molar-refractivity contribution in [2.24, 2.45) is 11.5 Å². The van der Waals surface area contributed by atoms with Crippen molar-refractivity contribution in [3.05, 3.63) is 48.0 Å². The molecule has 0 aliphatic rings. The number of carboxylic acids is 1. The fraction of sp³-hybridized carbons (Fsp3) is 0.364. The first-order valence-electron chi connectivity index (χ1n) is 11.0. The number of thiol groups is 1. The van der Waals surface area contributed by atoms with E-state index in [1.807, 2.05) is 0 Å². The molecular formula is C22H29N7O7S. The average Bonchev–Trinajstić information content (AvgIpc) is 3.35. The van der Waals surface area contributed by atoms with Crippen molar-refractivity contribution in [3.63, 3.8) is 0 Å². The number of rotatable bonds is 14. The molecule has 1 heterocycles. The number of aromatic hydroxyl groups is 1. The average molecular weight is 536 g/mol. The predicted octanol–water partition coefficient (Wildman–Crippen LogP) is -2.43. The van der Waals surface area contributed by atoms with Crippen LogP contribution in [0, 0.1) is 0 Å². The molecule has 4 unspecified atom stereocenters. The summed E-state index contributed by atoms with van der Waals surface area (Å²) in [6.45, 7) is 0. The topological polar surface area (TPSA) is 243 Å². The van der Waals surface area contributed by atoms with Crippen LogP contribution in [-0.2, 0) is 36.8 Å². The highest BCUT2D eigenvalue weighted by atomic mass is 32.1. The number of phenolic OH excluding ortho intramolecular Hbond substituents is 1. The molecule has 37 heavy (non-hydrogen) atoms. The van der Waals surface area contributed by atoms with Gasteiger partial charge < -0.3 is 42.6 Å². The molecule has 1 aromatic carbocycles. The Hall–Kier alpha value is -4.11. The summed E-state index contributed by atoms with van der Waals surface area (Å²) in [7, 11) is 0. The molecule has 0 aliphatic heterocycles. The number of carbonyl (C=O) groups is 5. The second kappa shape index (κ2) is 13.8. The third kappa shape index (κ3) is 9.46. The van der Waals surface area contributed by atoms with Crippen LogP contribution >= 0.6 is 12.6 Å². The Morgan fingerprint density at radius 1 is 0.946 bits per heavy atom. The Kier molecular flexibility index (Phi) is 10.9. The van der Waals surface area contributed by atoms with Gasteiger partial charge in [-0.25, -0.2) is 9.78 Å². The first kappa shape index (κ1) is 29.1. The molecule has 0 spiro atoms. The molecule has 15 heteroatoms. The Bertz CT molecular complexity index is 1100. The summed E-state index contributed by atoms with van der Waals surface area (Å²) in [5, 5.41) is 26.3. The van der Waals surface area contributed by atoms with Crippen LogP contribution in [0.2, 0.25) is 0 Å². The number of carbonyl (C=O) groups excluding carboxylic acids is 4. The summed E-state index contributed by atoms with van der Waals surface area (Å²) in [5.41, 5.74) is 11.7. The molecule has 0 aliphatic carbocycles. The normalized spacial score (nSPS) is 14.0. The van der Waals surface area contributed by atoms with Crippen molar-refractivity contribution in [1.82, 2.24) is 25.9 Å².